The highest BCUT2D eigenvalue weighted by Crippen LogP contribution is 2.37. The van der Waals surface area contributed by atoms with Crippen molar-refractivity contribution in [1.29, 1.82) is 0 Å². The van der Waals surface area contributed by atoms with Gasteiger partial charge >= 0.3 is 0 Å². The van der Waals surface area contributed by atoms with Crippen LogP contribution >= 0.6 is 23.1 Å². The average molecular weight is 356 g/mol. The number of para-hydroxylation sites is 1. The Bertz CT molecular complexity index is 847. The second-order valence-corrected chi connectivity index (χ2v) is 6.93. The van der Waals surface area contributed by atoms with Gasteiger partial charge in [-0.25, -0.2) is 4.98 Å². The fourth-order valence-electron chi connectivity index (χ4n) is 2.27. The van der Waals surface area contributed by atoms with Gasteiger partial charge in [-0.15, -0.1) is 0 Å². The van der Waals surface area contributed by atoms with Crippen LogP contribution in [0.4, 0.5) is 5.00 Å². The topological polar surface area (TPSA) is 51.2 Å². The van der Waals surface area contributed by atoms with Crippen molar-refractivity contribution >= 4 is 34.0 Å². The van der Waals surface area contributed by atoms with Crippen molar-refractivity contribution in [1.82, 2.24) is 4.98 Å². The van der Waals surface area contributed by atoms with E-state index in [4.69, 9.17) is 4.74 Å². The minimum absolute atomic E-state index is 0.207. The predicted molar refractivity (Wildman–Crippen MR) is 100 cm³/mol. The van der Waals surface area contributed by atoms with Crippen LogP contribution in [0, 0.1) is 0 Å². The summed E-state index contributed by atoms with van der Waals surface area (Å²) in [6.45, 7) is 0. The number of hydrogen-bond donors (Lipinski definition) is 1. The Morgan fingerprint density at radius 2 is 1.83 bits per heavy atom. The minimum Gasteiger partial charge on any atom is -0.496 e. The van der Waals surface area contributed by atoms with Gasteiger partial charge in [0.1, 0.15) is 16.4 Å². The first kappa shape index (κ1) is 16.5. The number of amides is 1. The molecule has 0 fully saturated rings. The van der Waals surface area contributed by atoms with Crippen LogP contribution < -0.4 is 10.1 Å². The Kier molecular flexibility index (Phi) is 5.17. The van der Waals surface area contributed by atoms with Gasteiger partial charge in [-0.05, 0) is 18.4 Å². The molecule has 6 heteroatoms. The van der Waals surface area contributed by atoms with Gasteiger partial charge in [-0.2, -0.15) is 0 Å². The number of carbonyl (C=O) groups excluding carboxylic acids is 1. The average Bonchev–Trinajstić information content (AvgIpc) is 3.05. The second kappa shape index (κ2) is 7.51. The van der Waals surface area contributed by atoms with Gasteiger partial charge in [-0.3, -0.25) is 4.79 Å². The summed E-state index contributed by atoms with van der Waals surface area (Å²) < 4.78 is 6.17. The summed E-state index contributed by atoms with van der Waals surface area (Å²) in [5, 5.41) is 3.72. The van der Waals surface area contributed by atoms with Crippen molar-refractivity contribution in [2.45, 2.75) is 4.34 Å². The third-order valence-corrected chi connectivity index (χ3v) is 5.36. The summed E-state index contributed by atoms with van der Waals surface area (Å²) in [7, 11) is 1.56. The number of methoxy groups -OCH3 is 1. The maximum absolute atomic E-state index is 12.7. The molecule has 0 unspecified atom stereocenters. The molecule has 1 amide bonds. The first-order valence-electron chi connectivity index (χ1n) is 7.27. The summed E-state index contributed by atoms with van der Waals surface area (Å²) in [6, 6.07) is 17.0. The molecular formula is C18H16N2O2S2. The summed E-state index contributed by atoms with van der Waals surface area (Å²) in [4.78, 5) is 17.3. The normalized spacial score (nSPS) is 10.4. The van der Waals surface area contributed by atoms with E-state index in [0.717, 1.165) is 20.6 Å². The molecular weight excluding hydrogens is 340 g/mol. The molecule has 2 aromatic carbocycles. The zero-order valence-electron chi connectivity index (χ0n) is 13.3. The number of ether oxygens (including phenoxy) is 1. The van der Waals surface area contributed by atoms with Crippen LogP contribution in [0.15, 0.2) is 58.9 Å². The molecule has 1 heterocycles. The van der Waals surface area contributed by atoms with Gasteiger partial charge in [0.2, 0.25) is 0 Å². The van der Waals surface area contributed by atoms with Gasteiger partial charge in [0.15, 0.2) is 4.34 Å². The number of nitrogens with one attached hydrogen (secondary N) is 1. The largest absolute Gasteiger partial charge is 0.496 e. The Labute approximate surface area is 148 Å². The summed E-state index contributed by atoms with van der Waals surface area (Å²) >= 11 is 3.03. The molecule has 122 valence electrons. The van der Waals surface area contributed by atoms with Gasteiger partial charge in [-0.1, -0.05) is 65.6 Å². The van der Waals surface area contributed by atoms with E-state index in [0.29, 0.717) is 11.3 Å². The van der Waals surface area contributed by atoms with E-state index in [1.54, 1.807) is 31.0 Å². The maximum Gasteiger partial charge on any atom is 0.260 e. The number of carbonyl (C=O) groups is 1. The Balaban J connectivity index is 1.95. The number of thiazole rings is 1. The molecule has 24 heavy (non-hydrogen) atoms. The molecule has 0 aliphatic heterocycles. The standard InChI is InChI=1S/C18H16N2O2S2/c1-22-14-11-7-6-10-13(14)16(21)20-17-15(19-18(23-2)24-17)12-8-4-3-5-9-12/h3-11H,1-2H3,(H,20,21). The summed E-state index contributed by atoms with van der Waals surface area (Å²) in [6.07, 6.45) is 1.97. The number of hydrogen-bond acceptors (Lipinski definition) is 5. The number of aromatic nitrogens is 1. The van der Waals surface area contributed by atoms with Crippen molar-refractivity contribution in [3.8, 4) is 17.0 Å². The lowest BCUT2D eigenvalue weighted by atomic mass is 10.1. The Hall–Kier alpha value is -2.31. The summed E-state index contributed by atoms with van der Waals surface area (Å²) in [5.41, 5.74) is 2.26. The molecule has 0 saturated heterocycles. The van der Waals surface area contributed by atoms with E-state index in [9.17, 15) is 4.79 Å². The van der Waals surface area contributed by atoms with E-state index in [2.05, 4.69) is 10.3 Å². The molecule has 0 atom stereocenters. The molecule has 3 aromatic rings. The molecule has 0 saturated carbocycles. The van der Waals surface area contributed by atoms with E-state index < -0.39 is 0 Å². The van der Waals surface area contributed by atoms with Crippen LogP contribution in [-0.2, 0) is 0 Å². The highest BCUT2D eigenvalue weighted by atomic mass is 32.2. The second-order valence-electron chi connectivity index (χ2n) is 4.88. The lowest BCUT2D eigenvalue weighted by Crippen LogP contribution is -2.12. The first-order chi connectivity index (χ1) is 11.7. The van der Waals surface area contributed by atoms with Crippen molar-refractivity contribution in [3.05, 3.63) is 60.2 Å². The van der Waals surface area contributed by atoms with E-state index >= 15 is 0 Å². The lowest BCUT2D eigenvalue weighted by Gasteiger charge is -2.09. The molecule has 0 spiro atoms. The molecule has 1 aromatic heterocycles. The quantitative estimate of drug-likeness (QED) is 0.668. The molecule has 0 aliphatic rings. The molecule has 4 nitrogen and oxygen atoms in total. The van der Waals surface area contributed by atoms with E-state index in [-0.39, 0.29) is 5.91 Å². The lowest BCUT2D eigenvalue weighted by molar-refractivity contribution is 0.102. The third kappa shape index (κ3) is 3.44. The van der Waals surface area contributed by atoms with Gasteiger partial charge < -0.3 is 10.1 Å². The monoisotopic (exact) mass is 356 g/mol. The molecule has 0 radical (unpaired) electrons. The maximum atomic E-state index is 12.7. The van der Waals surface area contributed by atoms with Crippen molar-refractivity contribution in [2.24, 2.45) is 0 Å². The fourth-order valence-corrected chi connectivity index (χ4v) is 3.75. The van der Waals surface area contributed by atoms with Crippen molar-refractivity contribution in [2.75, 3.05) is 18.7 Å². The Morgan fingerprint density at radius 1 is 1.12 bits per heavy atom. The first-order valence-corrected chi connectivity index (χ1v) is 9.31. The molecule has 0 aliphatic carbocycles. The zero-order chi connectivity index (χ0) is 16.9. The van der Waals surface area contributed by atoms with Crippen LogP contribution in [0.1, 0.15) is 10.4 Å². The van der Waals surface area contributed by atoms with Crippen LogP contribution in [0.5, 0.6) is 5.75 Å². The predicted octanol–water partition coefficient (Wildman–Crippen LogP) is 4.79. The third-order valence-electron chi connectivity index (χ3n) is 3.41. The number of nitrogens with zero attached hydrogens (tertiary/aromatic N) is 1. The zero-order valence-corrected chi connectivity index (χ0v) is 14.9. The molecule has 0 bridgehead atoms. The molecule has 3 rings (SSSR count). The van der Waals surface area contributed by atoms with E-state index in [1.165, 1.54) is 11.3 Å². The van der Waals surface area contributed by atoms with Crippen molar-refractivity contribution < 1.29 is 9.53 Å². The Morgan fingerprint density at radius 3 is 2.54 bits per heavy atom. The highest BCUT2D eigenvalue weighted by Gasteiger charge is 2.18. The fraction of sp³-hybridized carbons (Fsp3) is 0.111. The highest BCUT2D eigenvalue weighted by molar-refractivity contribution is 8.00. The van der Waals surface area contributed by atoms with Crippen LogP contribution in [-0.4, -0.2) is 24.3 Å². The van der Waals surface area contributed by atoms with Crippen LogP contribution in [0.25, 0.3) is 11.3 Å². The van der Waals surface area contributed by atoms with E-state index in [1.807, 2.05) is 48.7 Å². The molecule has 1 N–H and O–H groups in total. The van der Waals surface area contributed by atoms with Crippen molar-refractivity contribution in [3.63, 3.8) is 0 Å². The summed E-state index contributed by atoms with van der Waals surface area (Å²) in [5.74, 6) is 0.340. The number of anilines is 1. The number of rotatable bonds is 5. The van der Waals surface area contributed by atoms with Crippen LogP contribution in [0.2, 0.25) is 0 Å². The SMILES string of the molecule is COc1ccccc1C(=O)Nc1sc(SC)nc1-c1ccccc1. The number of benzene rings is 2. The minimum atomic E-state index is -0.207. The smallest absolute Gasteiger partial charge is 0.260 e. The van der Waals surface area contributed by atoms with Gasteiger partial charge in [0.05, 0.1) is 12.7 Å². The van der Waals surface area contributed by atoms with Gasteiger partial charge in [0.25, 0.3) is 5.91 Å². The van der Waals surface area contributed by atoms with Crippen LogP contribution in [0.3, 0.4) is 0 Å². The number of thioether (sulfide) groups is 1. The van der Waals surface area contributed by atoms with Gasteiger partial charge in [0, 0.05) is 5.56 Å².